The Morgan fingerprint density at radius 2 is 2.04 bits per heavy atom. The Balaban J connectivity index is 1.65. The number of fused-ring (bicyclic) bond motifs is 2. The molecule has 4 heteroatoms. The van der Waals surface area contributed by atoms with Gasteiger partial charge in [0.15, 0.2) is 0 Å². The number of ether oxygens (including phenoxy) is 2. The van der Waals surface area contributed by atoms with Crippen LogP contribution >= 0.6 is 0 Å². The molecule has 1 saturated carbocycles. The van der Waals surface area contributed by atoms with E-state index < -0.39 is 0 Å². The molecule has 5 atom stereocenters. The van der Waals surface area contributed by atoms with Crippen LogP contribution in [0, 0.1) is 23.2 Å². The number of carbonyl (C=O) groups is 1. The first-order valence-corrected chi connectivity index (χ1v) is 10.7. The van der Waals surface area contributed by atoms with Crippen LogP contribution in [0.3, 0.4) is 0 Å². The van der Waals surface area contributed by atoms with Crippen molar-refractivity contribution in [1.29, 1.82) is 0 Å². The normalized spacial score (nSPS) is 37.8. The van der Waals surface area contributed by atoms with Gasteiger partial charge in [0.05, 0.1) is 12.7 Å². The quantitative estimate of drug-likeness (QED) is 0.693. The molecule has 1 saturated heterocycles. The van der Waals surface area contributed by atoms with Crippen LogP contribution < -0.4 is 5.32 Å². The van der Waals surface area contributed by atoms with Gasteiger partial charge in [0.25, 0.3) is 0 Å². The Labute approximate surface area is 159 Å². The highest BCUT2D eigenvalue weighted by Crippen LogP contribution is 2.53. The lowest BCUT2D eigenvalue weighted by atomic mass is 9.56. The predicted molar refractivity (Wildman–Crippen MR) is 104 cm³/mol. The number of hydrogen-bond donors (Lipinski definition) is 1. The number of rotatable bonds is 5. The molecule has 1 aliphatic heterocycles. The molecule has 1 amide bonds. The molecule has 1 heterocycles. The van der Waals surface area contributed by atoms with Crippen LogP contribution in [0.2, 0.25) is 0 Å². The molecule has 3 aliphatic rings. The van der Waals surface area contributed by atoms with Gasteiger partial charge in [-0.1, -0.05) is 58.1 Å². The lowest BCUT2D eigenvalue weighted by molar-refractivity contribution is -0.164. The molecule has 0 radical (unpaired) electrons. The third kappa shape index (κ3) is 3.81. The number of carbonyl (C=O) groups excluding carboxylic acids is 1. The average molecular weight is 364 g/mol. The van der Waals surface area contributed by atoms with E-state index in [1.807, 2.05) is 0 Å². The van der Waals surface area contributed by atoms with Gasteiger partial charge < -0.3 is 14.8 Å². The summed E-state index contributed by atoms with van der Waals surface area (Å²) < 4.78 is 12.1. The van der Waals surface area contributed by atoms with Gasteiger partial charge in [0.2, 0.25) is 0 Å². The number of alkyl carbamates (subject to hydrolysis) is 1. The van der Waals surface area contributed by atoms with Crippen LogP contribution in [0.5, 0.6) is 0 Å². The number of hydrogen-bond acceptors (Lipinski definition) is 3. The maximum Gasteiger partial charge on any atom is 0.407 e. The summed E-state index contributed by atoms with van der Waals surface area (Å²) in [5.41, 5.74) is 1.35. The first-order valence-electron chi connectivity index (χ1n) is 10.7. The second-order valence-corrected chi connectivity index (χ2v) is 8.94. The average Bonchev–Trinajstić information content (AvgIpc) is 2.61. The van der Waals surface area contributed by atoms with Crippen molar-refractivity contribution < 1.29 is 14.3 Å². The van der Waals surface area contributed by atoms with Crippen molar-refractivity contribution in [1.82, 2.24) is 5.32 Å². The molecule has 2 aliphatic carbocycles. The van der Waals surface area contributed by atoms with Crippen LogP contribution in [0.1, 0.15) is 72.6 Å². The number of amides is 1. The first kappa shape index (κ1) is 19.7. The predicted octanol–water partition coefficient (Wildman–Crippen LogP) is 5.08. The van der Waals surface area contributed by atoms with E-state index in [9.17, 15) is 4.79 Å². The molecule has 2 fully saturated rings. The maximum absolute atomic E-state index is 12.4. The zero-order valence-electron chi connectivity index (χ0n) is 17.1. The third-order valence-electron chi connectivity index (χ3n) is 7.33. The van der Waals surface area contributed by atoms with Crippen LogP contribution in [0.4, 0.5) is 4.79 Å². The SMILES string of the molecule is CCC[C@@H]1OC[C@]2(COC(=O)NC3CCCCC3)[C@H](C)[C@H]1C(C)=C[C@@H]2C. The summed E-state index contributed by atoms with van der Waals surface area (Å²) in [7, 11) is 0. The van der Waals surface area contributed by atoms with Gasteiger partial charge in [-0.25, -0.2) is 4.79 Å². The molecule has 0 aromatic rings. The van der Waals surface area contributed by atoms with Gasteiger partial charge in [0.1, 0.15) is 6.61 Å². The largest absolute Gasteiger partial charge is 0.449 e. The summed E-state index contributed by atoms with van der Waals surface area (Å²) in [5.74, 6) is 1.28. The Morgan fingerprint density at radius 1 is 1.31 bits per heavy atom. The highest BCUT2D eigenvalue weighted by Gasteiger charge is 2.53. The molecule has 26 heavy (non-hydrogen) atoms. The van der Waals surface area contributed by atoms with Gasteiger partial charge in [-0.15, -0.1) is 0 Å². The summed E-state index contributed by atoms with van der Waals surface area (Å²) in [6.07, 6.45) is 10.6. The van der Waals surface area contributed by atoms with Crippen molar-refractivity contribution in [3.8, 4) is 0 Å². The van der Waals surface area contributed by atoms with E-state index in [4.69, 9.17) is 9.47 Å². The van der Waals surface area contributed by atoms with E-state index in [0.717, 1.165) is 25.7 Å². The Morgan fingerprint density at radius 3 is 2.73 bits per heavy atom. The molecule has 0 unspecified atom stereocenters. The fourth-order valence-electron chi connectivity index (χ4n) is 5.59. The molecule has 0 spiro atoms. The van der Waals surface area contributed by atoms with E-state index in [0.29, 0.717) is 43.1 Å². The van der Waals surface area contributed by atoms with Gasteiger partial charge in [-0.05, 0) is 38.0 Å². The fraction of sp³-hybridized carbons (Fsp3) is 0.864. The Kier molecular flexibility index (Phi) is 6.32. The van der Waals surface area contributed by atoms with Crippen LogP contribution in [-0.4, -0.2) is 31.5 Å². The number of nitrogens with one attached hydrogen (secondary N) is 1. The van der Waals surface area contributed by atoms with E-state index >= 15 is 0 Å². The third-order valence-corrected chi connectivity index (χ3v) is 7.33. The maximum atomic E-state index is 12.4. The smallest absolute Gasteiger partial charge is 0.407 e. The van der Waals surface area contributed by atoms with Gasteiger partial charge >= 0.3 is 6.09 Å². The summed E-state index contributed by atoms with van der Waals surface area (Å²) in [5, 5.41) is 3.08. The van der Waals surface area contributed by atoms with E-state index in [2.05, 4.69) is 39.1 Å². The van der Waals surface area contributed by atoms with Crippen LogP contribution in [0.25, 0.3) is 0 Å². The van der Waals surface area contributed by atoms with Crippen molar-refractivity contribution in [2.75, 3.05) is 13.2 Å². The van der Waals surface area contributed by atoms with E-state index in [-0.39, 0.29) is 11.5 Å². The van der Waals surface area contributed by atoms with Crippen molar-refractivity contribution in [2.45, 2.75) is 84.8 Å². The fourth-order valence-corrected chi connectivity index (χ4v) is 5.59. The van der Waals surface area contributed by atoms with E-state index in [1.54, 1.807) is 0 Å². The topological polar surface area (TPSA) is 47.6 Å². The Bertz CT molecular complexity index is 525. The monoisotopic (exact) mass is 363 g/mol. The van der Waals surface area contributed by atoms with E-state index in [1.165, 1.54) is 24.8 Å². The highest BCUT2D eigenvalue weighted by atomic mass is 16.6. The summed E-state index contributed by atoms with van der Waals surface area (Å²) in [6, 6.07) is 0.293. The van der Waals surface area contributed by atoms with Crippen molar-refractivity contribution in [3.05, 3.63) is 11.6 Å². The molecular formula is C22H37NO3. The molecule has 0 aromatic carbocycles. The molecule has 1 N–H and O–H groups in total. The van der Waals surface area contributed by atoms with Crippen LogP contribution in [0.15, 0.2) is 11.6 Å². The first-order chi connectivity index (χ1) is 12.5. The molecular weight excluding hydrogens is 326 g/mol. The molecule has 0 aromatic heterocycles. The minimum absolute atomic E-state index is 0.0989. The molecule has 4 nitrogen and oxygen atoms in total. The molecule has 2 bridgehead atoms. The standard InChI is InChI=1S/C22H37NO3/c1-5-9-19-20-15(2)12-16(3)22(13-25-19,17(20)4)14-26-21(24)23-18-10-7-6-8-11-18/h12,16-20H,5-11,13-14H2,1-4H3,(H,23,24)/t16-,17+,19-,20+,22+/m0/s1. The summed E-state index contributed by atoms with van der Waals surface area (Å²) >= 11 is 0. The minimum Gasteiger partial charge on any atom is -0.449 e. The summed E-state index contributed by atoms with van der Waals surface area (Å²) in [6.45, 7) is 10.2. The number of allylic oxidation sites excluding steroid dienone is 1. The Hall–Kier alpha value is -1.03. The summed E-state index contributed by atoms with van der Waals surface area (Å²) in [4.78, 5) is 12.4. The second kappa shape index (κ2) is 8.33. The molecule has 3 rings (SSSR count). The van der Waals surface area contributed by atoms with Crippen molar-refractivity contribution >= 4 is 6.09 Å². The highest BCUT2D eigenvalue weighted by molar-refractivity contribution is 5.67. The van der Waals surface area contributed by atoms with Gasteiger partial charge in [0, 0.05) is 17.4 Å². The minimum atomic E-state index is -0.246. The second-order valence-electron chi connectivity index (χ2n) is 8.94. The van der Waals surface area contributed by atoms with Crippen molar-refractivity contribution in [3.63, 3.8) is 0 Å². The zero-order chi connectivity index (χ0) is 18.7. The lowest BCUT2D eigenvalue weighted by Crippen LogP contribution is -2.57. The lowest BCUT2D eigenvalue weighted by Gasteiger charge is -2.55. The zero-order valence-corrected chi connectivity index (χ0v) is 17.1. The van der Waals surface area contributed by atoms with Crippen LogP contribution in [-0.2, 0) is 9.47 Å². The molecule has 148 valence electrons. The van der Waals surface area contributed by atoms with Gasteiger partial charge in [-0.3, -0.25) is 0 Å². The van der Waals surface area contributed by atoms with Gasteiger partial charge in [-0.2, -0.15) is 0 Å². The van der Waals surface area contributed by atoms with Crippen molar-refractivity contribution in [2.24, 2.45) is 23.2 Å².